The molecule has 0 atom stereocenters. The van der Waals surface area contributed by atoms with Crippen LogP contribution in [-0.4, -0.2) is 25.2 Å². The van der Waals surface area contributed by atoms with Crippen LogP contribution in [0.2, 0.25) is 0 Å². The lowest BCUT2D eigenvalue weighted by atomic mass is 10.3. The zero-order valence-corrected chi connectivity index (χ0v) is 11.2. The van der Waals surface area contributed by atoms with Crippen LogP contribution in [0, 0.1) is 3.57 Å². The summed E-state index contributed by atoms with van der Waals surface area (Å²) in [6.07, 6.45) is -0.404. The Morgan fingerprint density at radius 3 is 2.69 bits per heavy atom. The molecule has 0 bridgehead atoms. The zero-order chi connectivity index (χ0) is 12.2. The molecule has 0 saturated heterocycles. The molecule has 0 aromatic heterocycles. The normalized spacial score (nSPS) is 11.1. The van der Waals surface area contributed by atoms with E-state index in [4.69, 9.17) is 5.11 Å². The number of carboxylic acids is 1. The molecule has 7 heteroatoms. The summed E-state index contributed by atoms with van der Waals surface area (Å²) in [5.41, 5.74) is 0.442. The number of rotatable bonds is 5. The summed E-state index contributed by atoms with van der Waals surface area (Å²) in [6, 6.07) is 6.83. The SMILES string of the molecule is O=C(O)CCS(=O)(=O)Nc1cccc(I)c1. The molecular formula is C9H10INO4S. The molecule has 1 aromatic carbocycles. The molecule has 2 N–H and O–H groups in total. The Bertz CT molecular complexity index is 486. The number of sulfonamides is 1. The Morgan fingerprint density at radius 1 is 1.44 bits per heavy atom. The van der Waals surface area contributed by atoms with Gasteiger partial charge in [0.1, 0.15) is 0 Å². The molecule has 0 aliphatic rings. The average molecular weight is 355 g/mol. The highest BCUT2D eigenvalue weighted by atomic mass is 127. The van der Waals surface area contributed by atoms with E-state index in [0.29, 0.717) is 5.69 Å². The third-order valence-electron chi connectivity index (χ3n) is 1.68. The minimum atomic E-state index is -3.58. The minimum Gasteiger partial charge on any atom is -0.481 e. The first-order valence-corrected chi connectivity index (χ1v) is 7.10. The van der Waals surface area contributed by atoms with E-state index in [1.54, 1.807) is 18.2 Å². The van der Waals surface area contributed by atoms with Crippen molar-refractivity contribution in [1.29, 1.82) is 0 Å². The molecule has 0 unspecified atom stereocenters. The van der Waals surface area contributed by atoms with Crippen LogP contribution in [0.25, 0.3) is 0 Å². The topological polar surface area (TPSA) is 83.5 Å². The van der Waals surface area contributed by atoms with E-state index in [-0.39, 0.29) is 0 Å². The van der Waals surface area contributed by atoms with Crippen LogP contribution >= 0.6 is 22.6 Å². The van der Waals surface area contributed by atoms with Crippen LogP contribution < -0.4 is 4.72 Å². The molecule has 1 aromatic rings. The molecule has 0 fully saturated rings. The second kappa shape index (κ2) is 5.48. The van der Waals surface area contributed by atoms with Crippen LogP contribution in [0.1, 0.15) is 6.42 Å². The van der Waals surface area contributed by atoms with Gasteiger partial charge in [0.05, 0.1) is 12.2 Å². The molecule has 0 spiro atoms. The van der Waals surface area contributed by atoms with Gasteiger partial charge in [-0.15, -0.1) is 0 Å². The largest absolute Gasteiger partial charge is 0.481 e. The van der Waals surface area contributed by atoms with E-state index in [1.165, 1.54) is 0 Å². The fourth-order valence-electron chi connectivity index (χ4n) is 1.00. The third kappa shape index (κ3) is 4.79. The van der Waals surface area contributed by atoms with E-state index in [1.807, 2.05) is 6.07 Å². The highest BCUT2D eigenvalue weighted by Gasteiger charge is 2.12. The second-order valence-corrected chi connectivity index (χ2v) is 6.16. The van der Waals surface area contributed by atoms with Crippen LogP contribution in [-0.2, 0) is 14.8 Å². The molecule has 0 aliphatic heterocycles. The fourth-order valence-corrected chi connectivity index (χ4v) is 2.58. The molecule has 0 heterocycles. The van der Waals surface area contributed by atoms with Crippen molar-refractivity contribution in [3.05, 3.63) is 27.8 Å². The van der Waals surface area contributed by atoms with Gasteiger partial charge in [0, 0.05) is 9.26 Å². The Kier molecular flexibility index (Phi) is 4.54. The van der Waals surface area contributed by atoms with Crippen LogP contribution in [0.15, 0.2) is 24.3 Å². The summed E-state index contributed by atoms with van der Waals surface area (Å²) in [5, 5.41) is 8.39. The number of carboxylic acid groups (broad SMARTS) is 1. The van der Waals surface area contributed by atoms with Crippen LogP contribution in [0.4, 0.5) is 5.69 Å². The third-order valence-corrected chi connectivity index (χ3v) is 3.64. The lowest BCUT2D eigenvalue weighted by Gasteiger charge is -2.06. The lowest BCUT2D eigenvalue weighted by Crippen LogP contribution is -2.18. The number of nitrogens with one attached hydrogen (secondary N) is 1. The van der Waals surface area contributed by atoms with E-state index < -0.39 is 28.2 Å². The van der Waals surface area contributed by atoms with E-state index in [9.17, 15) is 13.2 Å². The molecule has 88 valence electrons. The number of anilines is 1. The predicted molar refractivity (Wildman–Crippen MR) is 68.8 cm³/mol. The smallest absolute Gasteiger partial charge is 0.304 e. The number of halogens is 1. The molecule has 0 saturated carbocycles. The van der Waals surface area contributed by atoms with Gasteiger partial charge in [-0.1, -0.05) is 6.07 Å². The van der Waals surface area contributed by atoms with Crippen molar-refractivity contribution in [3.63, 3.8) is 0 Å². The van der Waals surface area contributed by atoms with Gasteiger partial charge in [-0.05, 0) is 40.8 Å². The number of carbonyl (C=O) groups is 1. The Labute approximate surface area is 107 Å². The van der Waals surface area contributed by atoms with Crippen molar-refractivity contribution in [3.8, 4) is 0 Å². The van der Waals surface area contributed by atoms with Gasteiger partial charge >= 0.3 is 5.97 Å². The molecule has 5 nitrogen and oxygen atoms in total. The van der Waals surface area contributed by atoms with Crippen molar-refractivity contribution in [2.45, 2.75) is 6.42 Å². The van der Waals surface area contributed by atoms with Gasteiger partial charge < -0.3 is 5.11 Å². The van der Waals surface area contributed by atoms with Crippen LogP contribution in [0.5, 0.6) is 0 Å². The van der Waals surface area contributed by atoms with Gasteiger partial charge in [-0.25, -0.2) is 8.42 Å². The quantitative estimate of drug-likeness (QED) is 0.785. The van der Waals surface area contributed by atoms with Gasteiger partial charge in [0.2, 0.25) is 10.0 Å². The minimum absolute atomic E-state index is 0.404. The first-order chi connectivity index (χ1) is 7.39. The Balaban J connectivity index is 2.69. The van der Waals surface area contributed by atoms with Crippen molar-refractivity contribution >= 4 is 44.3 Å². The van der Waals surface area contributed by atoms with E-state index in [0.717, 1.165) is 3.57 Å². The summed E-state index contributed by atoms with van der Waals surface area (Å²) in [4.78, 5) is 10.3. The van der Waals surface area contributed by atoms with Gasteiger partial charge in [-0.2, -0.15) is 0 Å². The number of benzene rings is 1. The predicted octanol–water partition coefficient (Wildman–Crippen LogP) is 1.51. The molecule has 0 aliphatic carbocycles. The van der Waals surface area contributed by atoms with Crippen molar-refractivity contribution in [2.75, 3.05) is 10.5 Å². The Morgan fingerprint density at radius 2 is 2.12 bits per heavy atom. The lowest BCUT2D eigenvalue weighted by molar-refractivity contribution is -0.136. The summed E-state index contributed by atoms with van der Waals surface area (Å²) in [6.45, 7) is 0. The first kappa shape index (κ1) is 13.2. The molecule has 1 rings (SSSR count). The van der Waals surface area contributed by atoms with Crippen molar-refractivity contribution in [1.82, 2.24) is 0 Å². The van der Waals surface area contributed by atoms with E-state index >= 15 is 0 Å². The van der Waals surface area contributed by atoms with Crippen molar-refractivity contribution in [2.24, 2.45) is 0 Å². The molecule has 16 heavy (non-hydrogen) atoms. The van der Waals surface area contributed by atoms with Gasteiger partial charge in [-0.3, -0.25) is 9.52 Å². The van der Waals surface area contributed by atoms with Gasteiger partial charge in [0.15, 0.2) is 0 Å². The maximum Gasteiger partial charge on any atom is 0.304 e. The zero-order valence-electron chi connectivity index (χ0n) is 8.18. The van der Waals surface area contributed by atoms with E-state index in [2.05, 4.69) is 27.3 Å². The van der Waals surface area contributed by atoms with Crippen molar-refractivity contribution < 1.29 is 18.3 Å². The number of aliphatic carboxylic acids is 1. The average Bonchev–Trinajstić information content (AvgIpc) is 2.14. The van der Waals surface area contributed by atoms with Crippen LogP contribution in [0.3, 0.4) is 0 Å². The number of hydrogen-bond donors (Lipinski definition) is 2. The summed E-state index contributed by atoms with van der Waals surface area (Å²) < 4.78 is 26.1. The highest BCUT2D eigenvalue weighted by molar-refractivity contribution is 14.1. The van der Waals surface area contributed by atoms with Gasteiger partial charge in [0.25, 0.3) is 0 Å². The standard InChI is InChI=1S/C9H10INO4S/c10-7-2-1-3-8(6-7)11-16(14,15)5-4-9(12)13/h1-3,6,11H,4-5H2,(H,12,13). The summed E-state index contributed by atoms with van der Waals surface area (Å²) in [5.74, 6) is -1.55. The maximum absolute atomic E-state index is 11.4. The molecule has 0 amide bonds. The molecule has 0 radical (unpaired) electrons. The summed E-state index contributed by atoms with van der Waals surface area (Å²) in [7, 11) is -3.58. The highest BCUT2D eigenvalue weighted by Crippen LogP contribution is 2.14. The number of hydrogen-bond acceptors (Lipinski definition) is 3. The fraction of sp³-hybridized carbons (Fsp3) is 0.222. The molecular weight excluding hydrogens is 345 g/mol. The Hall–Kier alpha value is -0.830. The maximum atomic E-state index is 11.4. The second-order valence-electron chi connectivity index (χ2n) is 3.08. The summed E-state index contributed by atoms with van der Waals surface area (Å²) >= 11 is 2.06. The monoisotopic (exact) mass is 355 g/mol. The first-order valence-electron chi connectivity index (χ1n) is 4.37.